The molecular weight excluding hydrogens is 318 g/mol. The maximum absolute atomic E-state index is 10.2. The van der Waals surface area contributed by atoms with Crippen molar-refractivity contribution < 1.29 is 19.3 Å². The van der Waals surface area contributed by atoms with E-state index in [0.29, 0.717) is 12.6 Å². The zero-order chi connectivity index (χ0) is 17.6. The van der Waals surface area contributed by atoms with Crippen LogP contribution in [0.2, 0.25) is 0 Å². The molecule has 3 unspecified atom stereocenters. The van der Waals surface area contributed by atoms with Gasteiger partial charge in [-0.05, 0) is 49.8 Å². The molecular formula is C20H31NO4. The van der Waals surface area contributed by atoms with Crippen molar-refractivity contribution in [3.8, 4) is 11.5 Å². The summed E-state index contributed by atoms with van der Waals surface area (Å²) in [5.41, 5.74) is 1.19. The zero-order valence-corrected chi connectivity index (χ0v) is 15.4. The molecule has 1 heterocycles. The number of hydrogen-bond donors (Lipinski definition) is 1. The van der Waals surface area contributed by atoms with Crippen molar-refractivity contribution in [2.24, 2.45) is 0 Å². The van der Waals surface area contributed by atoms with E-state index in [1.807, 2.05) is 12.1 Å². The second-order valence-electron chi connectivity index (χ2n) is 7.06. The minimum Gasteiger partial charge on any atom is -0.493 e. The summed E-state index contributed by atoms with van der Waals surface area (Å²) in [4.78, 5) is 2.26. The Kier molecular flexibility index (Phi) is 6.57. The van der Waals surface area contributed by atoms with Crippen LogP contribution >= 0.6 is 0 Å². The van der Waals surface area contributed by atoms with Crippen molar-refractivity contribution in [2.75, 3.05) is 27.4 Å². The Morgan fingerprint density at radius 1 is 1.04 bits per heavy atom. The van der Waals surface area contributed by atoms with Crippen LogP contribution in [0, 0.1) is 0 Å². The molecule has 1 aromatic carbocycles. The predicted molar refractivity (Wildman–Crippen MR) is 97.2 cm³/mol. The van der Waals surface area contributed by atoms with Gasteiger partial charge in [-0.15, -0.1) is 0 Å². The molecule has 5 heteroatoms. The molecule has 0 spiro atoms. The van der Waals surface area contributed by atoms with Crippen LogP contribution in [0.25, 0.3) is 0 Å². The monoisotopic (exact) mass is 349 g/mol. The first kappa shape index (κ1) is 18.5. The Morgan fingerprint density at radius 3 is 2.56 bits per heavy atom. The number of hydrogen-bond acceptors (Lipinski definition) is 5. The number of aliphatic hydroxyl groups excluding tert-OH is 1. The fourth-order valence-corrected chi connectivity index (χ4v) is 4.17. The SMILES string of the molecule is COc1ccc(CCOC2CCCCC2N2CCCC2O)cc1OC. The molecule has 1 aliphatic carbocycles. The largest absolute Gasteiger partial charge is 0.493 e. The first-order valence-electron chi connectivity index (χ1n) is 9.49. The Hall–Kier alpha value is -1.30. The molecule has 3 atom stereocenters. The summed E-state index contributed by atoms with van der Waals surface area (Å²) < 4.78 is 16.9. The van der Waals surface area contributed by atoms with Crippen molar-refractivity contribution in [2.45, 2.75) is 63.3 Å². The lowest BCUT2D eigenvalue weighted by atomic mass is 9.91. The first-order chi connectivity index (χ1) is 12.2. The van der Waals surface area contributed by atoms with Crippen LogP contribution in [-0.4, -0.2) is 55.8 Å². The van der Waals surface area contributed by atoms with Gasteiger partial charge in [0.2, 0.25) is 0 Å². The van der Waals surface area contributed by atoms with Crippen LogP contribution in [0.15, 0.2) is 18.2 Å². The second kappa shape index (κ2) is 8.88. The van der Waals surface area contributed by atoms with Gasteiger partial charge in [0.15, 0.2) is 11.5 Å². The van der Waals surface area contributed by atoms with Gasteiger partial charge in [-0.3, -0.25) is 4.90 Å². The number of rotatable bonds is 7. The summed E-state index contributed by atoms with van der Waals surface area (Å²) in [6.45, 7) is 1.70. The lowest BCUT2D eigenvalue weighted by Gasteiger charge is -2.39. The van der Waals surface area contributed by atoms with E-state index >= 15 is 0 Å². The van der Waals surface area contributed by atoms with E-state index in [9.17, 15) is 5.11 Å². The molecule has 140 valence electrons. The fraction of sp³-hybridized carbons (Fsp3) is 0.700. The second-order valence-corrected chi connectivity index (χ2v) is 7.06. The van der Waals surface area contributed by atoms with Gasteiger partial charge in [0.1, 0.15) is 6.23 Å². The third-order valence-corrected chi connectivity index (χ3v) is 5.53. The molecule has 2 aliphatic rings. The molecule has 0 bridgehead atoms. The smallest absolute Gasteiger partial charge is 0.160 e. The van der Waals surface area contributed by atoms with Crippen LogP contribution in [0.4, 0.5) is 0 Å². The molecule has 1 N–H and O–H groups in total. The summed E-state index contributed by atoms with van der Waals surface area (Å²) in [5.74, 6) is 1.51. The first-order valence-corrected chi connectivity index (χ1v) is 9.49. The van der Waals surface area contributed by atoms with E-state index in [2.05, 4.69) is 11.0 Å². The minimum absolute atomic E-state index is 0.238. The van der Waals surface area contributed by atoms with Crippen molar-refractivity contribution in [1.29, 1.82) is 0 Å². The Bertz CT molecular complexity index is 550. The Morgan fingerprint density at radius 2 is 1.84 bits per heavy atom. The van der Waals surface area contributed by atoms with Crippen LogP contribution in [0.5, 0.6) is 11.5 Å². The van der Waals surface area contributed by atoms with E-state index < -0.39 is 0 Å². The van der Waals surface area contributed by atoms with Gasteiger partial charge >= 0.3 is 0 Å². The van der Waals surface area contributed by atoms with Crippen LogP contribution in [-0.2, 0) is 11.2 Å². The molecule has 5 nitrogen and oxygen atoms in total. The van der Waals surface area contributed by atoms with E-state index in [4.69, 9.17) is 14.2 Å². The maximum atomic E-state index is 10.2. The molecule has 1 saturated carbocycles. The van der Waals surface area contributed by atoms with Crippen LogP contribution < -0.4 is 9.47 Å². The molecule has 1 aromatic rings. The summed E-state index contributed by atoms with van der Waals surface area (Å²) >= 11 is 0. The number of benzene rings is 1. The number of methoxy groups -OCH3 is 2. The Labute approximate surface area is 150 Å². The van der Waals surface area contributed by atoms with Crippen molar-refractivity contribution in [1.82, 2.24) is 4.90 Å². The third-order valence-electron chi connectivity index (χ3n) is 5.53. The fourth-order valence-electron chi connectivity index (χ4n) is 4.17. The van der Waals surface area contributed by atoms with Crippen molar-refractivity contribution in [3.05, 3.63) is 23.8 Å². The number of likely N-dealkylation sites (tertiary alicyclic amines) is 1. The zero-order valence-electron chi connectivity index (χ0n) is 15.4. The van der Waals surface area contributed by atoms with Gasteiger partial charge in [0.25, 0.3) is 0 Å². The lowest BCUT2D eigenvalue weighted by molar-refractivity contribution is -0.0775. The van der Waals surface area contributed by atoms with Crippen LogP contribution in [0.1, 0.15) is 44.1 Å². The minimum atomic E-state index is -0.278. The molecule has 3 rings (SSSR count). The highest BCUT2D eigenvalue weighted by atomic mass is 16.5. The summed E-state index contributed by atoms with van der Waals surface area (Å²) in [7, 11) is 3.31. The highest BCUT2D eigenvalue weighted by molar-refractivity contribution is 5.42. The highest BCUT2D eigenvalue weighted by Gasteiger charge is 2.36. The average Bonchev–Trinajstić information content (AvgIpc) is 3.07. The summed E-state index contributed by atoms with van der Waals surface area (Å²) in [5, 5.41) is 10.2. The van der Waals surface area contributed by atoms with E-state index in [1.54, 1.807) is 14.2 Å². The normalized spacial score (nSPS) is 27.4. The van der Waals surface area contributed by atoms with E-state index in [1.165, 1.54) is 18.4 Å². The van der Waals surface area contributed by atoms with E-state index in [0.717, 1.165) is 50.1 Å². The third kappa shape index (κ3) is 4.46. The van der Waals surface area contributed by atoms with Gasteiger partial charge in [0.05, 0.1) is 26.9 Å². The number of nitrogens with zero attached hydrogens (tertiary/aromatic N) is 1. The van der Waals surface area contributed by atoms with Crippen LogP contribution in [0.3, 0.4) is 0 Å². The molecule has 25 heavy (non-hydrogen) atoms. The standard InChI is InChI=1S/C20H31NO4/c1-23-18-10-9-15(14-19(18)24-2)11-13-25-17-7-4-3-6-16(17)21-12-5-8-20(21)22/h9-10,14,16-17,20,22H,3-8,11-13H2,1-2H3. The quantitative estimate of drug-likeness (QED) is 0.820. The number of ether oxygens (including phenoxy) is 3. The van der Waals surface area contributed by atoms with Crippen molar-refractivity contribution in [3.63, 3.8) is 0 Å². The van der Waals surface area contributed by atoms with Gasteiger partial charge in [-0.1, -0.05) is 18.9 Å². The molecule has 0 aromatic heterocycles. The summed E-state index contributed by atoms with van der Waals surface area (Å²) in [6, 6.07) is 6.40. The average molecular weight is 349 g/mol. The maximum Gasteiger partial charge on any atom is 0.160 e. The lowest BCUT2D eigenvalue weighted by Crippen LogP contribution is -2.48. The van der Waals surface area contributed by atoms with Gasteiger partial charge in [-0.2, -0.15) is 0 Å². The Balaban J connectivity index is 1.55. The molecule has 2 fully saturated rings. The van der Waals surface area contributed by atoms with E-state index in [-0.39, 0.29) is 12.3 Å². The highest BCUT2D eigenvalue weighted by Crippen LogP contribution is 2.31. The number of aliphatic hydroxyl groups is 1. The molecule has 1 aliphatic heterocycles. The van der Waals surface area contributed by atoms with Gasteiger partial charge < -0.3 is 19.3 Å². The van der Waals surface area contributed by atoms with Gasteiger partial charge in [0, 0.05) is 12.6 Å². The summed E-state index contributed by atoms with van der Waals surface area (Å²) in [6.07, 6.45) is 7.50. The molecule has 0 amide bonds. The topological polar surface area (TPSA) is 51.2 Å². The molecule has 0 radical (unpaired) electrons. The molecule has 1 saturated heterocycles. The predicted octanol–water partition coefficient (Wildman–Crippen LogP) is 2.99. The van der Waals surface area contributed by atoms with Crippen molar-refractivity contribution >= 4 is 0 Å². The van der Waals surface area contributed by atoms with Gasteiger partial charge in [-0.25, -0.2) is 0 Å².